The van der Waals surface area contributed by atoms with Gasteiger partial charge in [-0.05, 0) is 13.3 Å². The molecule has 1 amide bonds. The van der Waals surface area contributed by atoms with Gasteiger partial charge >= 0.3 is 0 Å². The van der Waals surface area contributed by atoms with Crippen molar-refractivity contribution < 1.29 is 9.90 Å². The fourth-order valence-corrected chi connectivity index (χ4v) is 0.928. The second kappa shape index (κ2) is 7.10. The largest absolute Gasteiger partial charge is 0.394 e. The molecular formula is C9H19NO2. The van der Waals surface area contributed by atoms with Crippen molar-refractivity contribution in [2.24, 2.45) is 0 Å². The molecule has 0 bridgehead atoms. The number of aliphatic hydroxyl groups excluding tert-OH is 1. The Balaban J connectivity index is 3.33. The Hall–Kier alpha value is -0.570. The standard InChI is InChI=1S/C9H19NO2/c1-3-4-5-6-9(12)10-8(2)7-11/h8,11H,3-7H2,1-2H3,(H,10,12)/t8-/m1/s1. The Morgan fingerprint density at radius 1 is 1.50 bits per heavy atom. The highest BCUT2D eigenvalue weighted by molar-refractivity contribution is 5.76. The number of hydrogen-bond acceptors (Lipinski definition) is 2. The Bertz CT molecular complexity index is 126. The van der Waals surface area contributed by atoms with Crippen LogP contribution in [0.3, 0.4) is 0 Å². The van der Waals surface area contributed by atoms with Gasteiger partial charge in [-0.1, -0.05) is 19.8 Å². The lowest BCUT2D eigenvalue weighted by molar-refractivity contribution is -0.122. The summed E-state index contributed by atoms with van der Waals surface area (Å²) in [7, 11) is 0. The van der Waals surface area contributed by atoms with Crippen LogP contribution in [0, 0.1) is 0 Å². The van der Waals surface area contributed by atoms with Crippen molar-refractivity contribution in [2.75, 3.05) is 6.61 Å². The third-order valence-electron chi connectivity index (χ3n) is 1.69. The lowest BCUT2D eigenvalue weighted by Crippen LogP contribution is -2.34. The molecular weight excluding hydrogens is 154 g/mol. The van der Waals surface area contributed by atoms with Gasteiger partial charge in [0, 0.05) is 12.5 Å². The number of aliphatic hydroxyl groups is 1. The van der Waals surface area contributed by atoms with Crippen LogP contribution in [0.15, 0.2) is 0 Å². The number of unbranched alkanes of at least 4 members (excludes halogenated alkanes) is 2. The van der Waals surface area contributed by atoms with Crippen molar-refractivity contribution >= 4 is 5.91 Å². The van der Waals surface area contributed by atoms with E-state index < -0.39 is 0 Å². The zero-order valence-electron chi connectivity index (χ0n) is 7.97. The van der Waals surface area contributed by atoms with Crippen LogP contribution in [0.1, 0.15) is 39.5 Å². The topological polar surface area (TPSA) is 49.3 Å². The minimum atomic E-state index is -0.112. The number of carbonyl (C=O) groups is 1. The molecule has 0 saturated heterocycles. The summed E-state index contributed by atoms with van der Waals surface area (Å²) in [5, 5.41) is 11.3. The first-order valence-corrected chi connectivity index (χ1v) is 4.61. The first-order chi connectivity index (χ1) is 5.70. The number of rotatable bonds is 6. The van der Waals surface area contributed by atoms with Gasteiger partial charge < -0.3 is 10.4 Å². The second-order valence-electron chi connectivity index (χ2n) is 3.11. The molecule has 12 heavy (non-hydrogen) atoms. The summed E-state index contributed by atoms with van der Waals surface area (Å²) < 4.78 is 0. The molecule has 0 aliphatic heterocycles. The van der Waals surface area contributed by atoms with E-state index in [1.807, 2.05) is 0 Å². The van der Waals surface area contributed by atoms with E-state index in [1.165, 1.54) is 0 Å². The van der Waals surface area contributed by atoms with Gasteiger partial charge in [0.2, 0.25) is 5.91 Å². The van der Waals surface area contributed by atoms with Crippen molar-refractivity contribution in [1.82, 2.24) is 5.32 Å². The van der Waals surface area contributed by atoms with Gasteiger partial charge in [-0.15, -0.1) is 0 Å². The van der Waals surface area contributed by atoms with Gasteiger partial charge in [-0.3, -0.25) is 4.79 Å². The zero-order chi connectivity index (χ0) is 9.40. The first-order valence-electron chi connectivity index (χ1n) is 4.61. The number of nitrogens with one attached hydrogen (secondary N) is 1. The average Bonchev–Trinajstić information content (AvgIpc) is 2.05. The zero-order valence-corrected chi connectivity index (χ0v) is 7.97. The Morgan fingerprint density at radius 2 is 2.17 bits per heavy atom. The molecule has 1 atom stereocenters. The molecule has 0 rings (SSSR count). The normalized spacial score (nSPS) is 12.6. The quantitative estimate of drug-likeness (QED) is 0.590. The van der Waals surface area contributed by atoms with Crippen LogP contribution in [0.2, 0.25) is 0 Å². The minimum Gasteiger partial charge on any atom is -0.394 e. The molecule has 0 radical (unpaired) electrons. The Kier molecular flexibility index (Phi) is 6.76. The summed E-state index contributed by atoms with van der Waals surface area (Å²) in [6.07, 6.45) is 3.75. The molecule has 0 heterocycles. The van der Waals surface area contributed by atoms with Crippen LogP contribution in [0.4, 0.5) is 0 Å². The van der Waals surface area contributed by atoms with Crippen molar-refractivity contribution in [1.29, 1.82) is 0 Å². The van der Waals surface area contributed by atoms with Crippen LogP contribution in [-0.4, -0.2) is 23.7 Å². The van der Waals surface area contributed by atoms with E-state index in [2.05, 4.69) is 12.2 Å². The predicted molar refractivity (Wildman–Crippen MR) is 48.8 cm³/mol. The van der Waals surface area contributed by atoms with E-state index in [4.69, 9.17) is 5.11 Å². The number of hydrogen-bond donors (Lipinski definition) is 2. The summed E-state index contributed by atoms with van der Waals surface area (Å²) in [5.41, 5.74) is 0. The lowest BCUT2D eigenvalue weighted by atomic mass is 10.2. The third-order valence-corrected chi connectivity index (χ3v) is 1.69. The molecule has 0 aromatic heterocycles. The molecule has 0 spiro atoms. The maximum Gasteiger partial charge on any atom is 0.220 e. The van der Waals surface area contributed by atoms with Gasteiger partial charge in [0.05, 0.1) is 6.61 Å². The molecule has 0 aliphatic rings. The van der Waals surface area contributed by atoms with E-state index in [0.717, 1.165) is 19.3 Å². The highest BCUT2D eigenvalue weighted by Gasteiger charge is 2.04. The van der Waals surface area contributed by atoms with Crippen molar-refractivity contribution in [3.63, 3.8) is 0 Å². The molecule has 0 unspecified atom stereocenters. The summed E-state index contributed by atoms with van der Waals surface area (Å²) in [6, 6.07) is -0.112. The maximum atomic E-state index is 11.1. The SMILES string of the molecule is CCCCCC(=O)N[C@H](C)CO. The van der Waals surface area contributed by atoms with Gasteiger partial charge in [-0.25, -0.2) is 0 Å². The molecule has 0 aromatic rings. The molecule has 0 saturated carbocycles. The van der Waals surface area contributed by atoms with Crippen LogP contribution >= 0.6 is 0 Å². The average molecular weight is 173 g/mol. The highest BCUT2D eigenvalue weighted by atomic mass is 16.3. The summed E-state index contributed by atoms with van der Waals surface area (Å²) in [6.45, 7) is 3.91. The lowest BCUT2D eigenvalue weighted by Gasteiger charge is -2.09. The van der Waals surface area contributed by atoms with Crippen LogP contribution in [0.25, 0.3) is 0 Å². The third kappa shape index (κ3) is 6.16. The minimum absolute atomic E-state index is 0.0134. The molecule has 3 nitrogen and oxygen atoms in total. The summed E-state index contributed by atoms with van der Waals surface area (Å²) in [4.78, 5) is 11.1. The monoisotopic (exact) mass is 173 g/mol. The van der Waals surface area contributed by atoms with Gasteiger partial charge in [-0.2, -0.15) is 0 Å². The second-order valence-corrected chi connectivity index (χ2v) is 3.11. The van der Waals surface area contributed by atoms with Crippen LogP contribution < -0.4 is 5.32 Å². The first kappa shape index (κ1) is 11.4. The van der Waals surface area contributed by atoms with Crippen molar-refractivity contribution in [3.05, 3.63) is 0 Å². The van der Waals surface area contributed by atoms with Crippen LogP contribution in [-0.2, 0) is 4.79 Å². The van der Waals surface area contributed by atoms with E-state index in [1.54, 1.807) is 6.92 Å². The Morgan fingerprint density at radius 3 is 2.67 bits per heavy atom. The van der Waals surface area contributed by atoms with Crippen molar-refractivity contribution in [3.8, 4) is 0 Å². The molecule has 2 N–H and O–H groups in total. The predicted octanol–water partition coefficient (Wildman–Crippen LogP) is 1.06. The van der Waals surface area contributed by atoms with Gasteiger partial charge in [0.1, 0.15) is 0 Å². The van der Waals surface area contributed by atoms with Gasteiger partial charge in [0.15, 0.2) is 0 Å². The fourth-order valence-electron chi connectivity index (χ4n) is 0.928. The van der Waals surface area contributed by atoms with Gasteiger partial charge in [0.25, 0.3) is 0 Å². The maximum absolute atomic E-state index is 11.1. The molecule has 3 heteroatoms. The molecule has 0 aliphatic carbocycles. The van der Waals surface area contributed by atoms with Crippen LogP contribution in [0.5, 0.6) is 0 Å². The number of carbonyl (C=O) groups excluding carboxylic acids is 1. The van der Waals surface area contributed by atoms with E-state index in [0.29, 0.717) is 6.42 Å². The smallest absolute Gasteiger partial charge is 0.220 e. The molecule has 0 aromatic carbocycles. The van der Waals surface area contributed by atoms with Crippen molar-refractivity contribution in [2.45, 2.75) is 45.6 Å². The fraction of sp³-hybridized carbons (Fsp3) is 0.889. The summed E-state index contributed by atoms with van der Waals surface area (Å²) >= 11 is 0. The van der Waals surface area contributed by atoms with E-state index in [9.17, 15) is 4.79 Å². The molecule has 0 fully saturated rings. The number of amides is 1. The molecule has 72 valence electrons. The van der Waals surface area contributed by atoms with E-state index >= 15 is 0 Å². The van der Waals surface area contributed by atoms with E-state index in [-0.39, 0.29) is 18.6 Å². The Labute approximate surface area is 74.2 Å². The summed E-state index contributed by atoms with van der Waals surface area (Å²) in [5.74, 6) is 0.0463. The highest BCUT2D eigenvalue weighted by Crippen LogP contribution is 1.98.